The third-order valence-corrected chi connectivity index (χ3v) is 1.85. The van der Waals surface area contributed by atoms with E-state index in [1.54, 1.807) is 6.20 Å². The van der Waals surface area contributed by atoms with E-state index in [-0.39, 0.29) is 0 Å². The Bertz CT molecular complexity index is 258. The van der Waals surface area contributed by atoms with Gasteiger partial charge in [0.25, 0.3) is 0 Å². The molecular weight excluding hydrogens is 156 g/mol. The highest BCUT2D eigenvalue weighted by Gasteiger charge is 1.95. The number of rotatable bonds is 2. The summed E-state index contributed by atoms with van der Waals surface area (Å²) in [4.78, 5) is 5.16. The van der Waals surface area contributed by atoms with Crippen LogP contribution >= 0.6 is 11.9 Å². The fourth-order valence-corrected chi connectivity index (χ4v) is 1.18. The molecule has 11 heavy (non-hydrogen) atoms. The second-order valence-corrected chi connectivity index (χ2v) is 2.68. The third kappa shape index (κ3) is 2.06. The minimum Gasteiger partial charge on any atom is -0.274 e. The molecule has 58 valence electrons. The maximum atomic E-state index is 5.42. The van der Waals surface area contributed by atoms with Crippen molar-refractivity contribution in [3.8, 4) is 0 Å². The summed E-state index contributed by atoms with van der Waals surface area (Å²) < 4.78 is 0. The van der Waals surface area contributed by atoms with Crippen molar-refractivity contribution >= 4 is 18.0 Å². The van der Waals surface area contributed by atoms with Crippen LogP contribution in [0.4, 0.5) is 0 Å². The van der Waals surface area contributed by atoms with Crippen molar-refractivity contribution in [3.63, 3.8) is 0 Å². The number of aromatic nitrogens is 1. The van der Waals surface area contributed by atoms with Gasteiger partial charge in [0.2, 0.25) is 0 Å². The minimum absolute atomic E-state index is 0.933. The highest BCUT2D eigenvalue weighted by molar-refractivity contribution is 7.97. The summed E-state index contributed by atoms with van der Waals surface area (Å²) in [5, 5.41) is 5.42. The van der Waals surface area contributed by atoms with Gasteiger partial charge in [0.05, 0.1) is 5.69 Å². The predicted octanol–water partition coefficient (Wildman–Crippen LogP) is 2.08. The summed E-state index contributed by atoms with van der Waals surface area (Å²) in [6.45, 7) is 1.96. The highest BCUT2D eigenvalue weighted by atomic mass is 32.2. The van der Waals surface area contributed by atoms with E-state index >= 15 is 0 Å². The molecule has 2 nitrogen and oxygen atoms in total. The quantitative estimate of drug-likeness (QED) is 0.684. The first kappa shape index (κ1) is 8.30. The first-order valence-corrected chi connectivity index (χ1v) is 4.21. The van der Waals surface area contributed by atoms with Crippen LogP contribution in [0.3, 0.4) is 0 Å². The SMILES string of the molecule is C/C=C/c1ncccc1SN. The highest BCUT2D eigenvalue weighted by Crippen LogP contribution is 2.15. The fourth-order valence-electron chi connectivity index (χ4n) is 0.785. The monoisotopic (exact) mass is 166 g/mol. The molecule has 3 heteroatoms. The molecule has 0 saturated carbocycles. The molecule has 1 aromatic rings. The topological polar surface area (TPSA) is 38.9 Å². The lowest BCUT2D eigenvalue weighted by Gasteiger charge is -1.98. The molecule has 1 heterocycles. The normalized spacial score (nSPS) is 10.7. The number of pyridine rings is 1. The van der Waals surface area contributed by atoms with Crippen LogP contribution in [-0.2, 0) is 0 Å². The lowest BCUT2D eigenvalue weighted by Crippen LogP contribution is -1.86. The van der Waals surface area contributed by atoms with E-state index in [1.165, 1.54) is 11.9 Å². The predicted molar refractivity (Wildman–Crippen MR) is 49.0 cm³/mol. The zero-order chi connectivity index (χ0) is 8.10. The van der Waals surface area contributed by atoms with E-state index in [4.69, 9.17) is 5.14 Å². The van der Waals surface area contributed by atoms with Crippen molar-refractivity contribution in [1.82, 2.24) is 4.98 Å². The molecule has 0 spiro atoms. The average molecular weight is 166 g/mol. The number of nitrogens with two attached hydrogens (primary N) is 1. The van der Waals surface area contributed by atoms with Crippen LogP contribution < -0.4 is 5.14 Å². The van der Waals surface area contributed by atoms with Gasteiger partial charge in [-0.05, 0) is 37.1 Å². The standard InChI is InChI=1S/C8H10N2S/c1-2-4-7-8(11-9)5-3-6-10-7/h2-6H,9H2,1H3/b4-2+. The Kier molecular flexibility index (Phi) is 3.14. The van der Waals surface area contributed by atoms with Gasteiger partial charge in [-0.1, -0.05) is 6.08 Å². The van der Waals surface area contributed by atoms with Gasteiger partial charge in [0.1, 0.15) is 0 Å². The van der Waals surface area contributed by atoms with Crippen molar-refractivity contribution in [3.05, 3.63) is 30.1 Å². The average Bonchev–Trinajstić information content (AvgIpc) is 2.06. The molecule has 0 aromatic carbocycles. The maximum Gasteiger partial charge on any atom is 0.0775 e. The molecule has 0 radical (unpaired) electrons. The Morgan fingerprint density at radius 1 is 1.64 bits per heavy atom. The Balaban J connectivity index is 3.02. The van der Waals surface area contributed by atoms with Crippen molar-refractivity contribution < 1.29 is 0 Å². The molecule has 0 fully saturated rings. The lowest BCUT2D eigenvalue weighted by molar-refractivity contribution is 1.20. The minimum atomic E-state index is 0.933. The van der Waals surface area contributed by atoms with E-state index in [0.29, 0.717) is 0 Å². The largest absolute Gasteiger partial charge is 0.274 e. The first-order valence-electron chi connectivity index (χ1n) is 3.33. The summed E-state index contributed by atoms with van der Waals surface area (Å²) in [6.07, 6.45) is 5.65. The van der Waals surface area contributed by atoms with Gasteiger partial charge in [-0.2, -0.15) is 0 Å². The Labute approximate surface area is 70.7 Å². The van der Waals surface area contributed by atoms with Crippen molar-refractivity contribution in [1.29, 1.82) is 0 Å². The van der Waals surface area contributed by atoms with Gasteiger partial charge < -0.3 is 0 Å². The van der Waals surface area contributed by atoms with Crippen molar-refractivity contribution in [2.24, 2.45) is 5.14 Å². The second-order valence-electron chi connectivity index (χ2n) is 2.00. The van der Waals surface area contributed by atoms with Crippen LogP contribution in [-0.4, -0.2) is 4.98 Å². The van der Waals surface area contributed by atoms with Crippen molar-refractivity contribution in [2.45, 2.75) is 11.8 Å². The van der Waals surface area contributed by atoms with Crippen LogP contribution in [0.15, 0.2) is 29.3 Å². The summed E-state index contributed by atoms with van der Waals surface area (Å²) in [6, 6.07) is 3.83. The summed E-state index contributed by atoms with van der Waals surface area (Å²) >= 11 is 1.22. The van der Waals surface area contributed by atoms with Crippen LogP contribution in [0.25, 0.3) is 6.08 Å². The zero-order valence-corrected chi connectivity index (χ0v) is 7.14. The molecule has 0 amide bonds. The number of nitrogens with zero attached hydrogens (tertiary/aromatic N) is 1. The van der Waals surface area contributed by atoms with Crippen LogP contribution in [0.2, 0.25) is 0 Å². The van der Waals surface area contributed by atoms with E-state index in [9.17, 15) is 0 Å². The smallest absolute Gasteiger partial charge is 0.0775 e. The summed E-state index contributed by atoms with van der Waals surface area (Å²) in [7, 11) is 0. The zero-order valence-electron chi connectivity index (χ0n) is 6.32. The second kappa shape index (κ2) is 4.16. The van der Waals surface area contributed by atoms with Crippen LogP contribution in [0, 0.1) is 0 Å². The fraction of sp³-hybridized carbons (Fsp3) is 0.125. The van der Waals surface area contributed by atoms with Gasteiger partial charge >= 0.3 is 0 Å². The van der Waals surface area contributed by atoms with Gasteiger partial charge in [-0.3, -0.25) is 10.1 Å². The number of hydrogen-bond acceptors (Lipinski definition) is 3. The van der Waals surface area contributed by atoms with Crippen LogP contribution in [0.5, 0.6) is 0 Å². The molecule has 0 aliphatic rings. The molecule has 1 aromatic heterocycles. The van der Waals surface area contributed by atoms with Gasteiger partial charge in [-0.15, -0.1) is 0 Å². The maximum absolute atomic E-state index is 5.42. The Hall–Kier alpha value is -0.800. The van der Waals surface area contributed by atoms with E-state index in [2.05, 4.69) is 4.98 Å². The Morgan fingerprint density at radius 2 is 2.45 bits per heavy atom. The molecule has 2 N–H and O–H groups in total. The van der Waals surface area contributed by atoms with Gasteiger partial charge in [0.15, 0.2) is 0 Å². The molecule has 0 atom stereocenters. The number of hydrogen-bond donors (Lipinski definition) is 1. The molecule has 0 bridgehead atoms. The molecule has 0 aliphatic heterocycles. The molecular formula is C8H10N2S. The van der Waals surface area contributed by atoms with E-state index < -0.39 is 0 Å². The molecule has 0 unspecified atom stereocenters. The number of allylic oxidation sites excluding steroid dienone is 1. The Morgan fingerprint density at radius 3 is 3.09 bits per heavy atom. The molecule has 0 saturated heterocycles. The summed E-state index contributed by atoms with van der Waals surface area (Å²) in [5.41, 5.74) is 0.933. The molecule has 0 aliphatic carbocycles. The van der Waals surface area contributed by atoms with Crippen molar-refractivity contribution in [2.75, 3.05) is 0 Å². The lowest BCUT2D eigenvalue weighted by atomic mass is 10.3. The van der Waals surface area contributed by atoms with Gasteiger partial charge in [0, 0.05) is 11.1 Å². The van der Waals surface area contributed by atoms with Crippen LogP contribution in [0.1, 0.15) is 12.6 Å². The summed E-state index contributed by atoms with van der Waals surface area (Å²) in [5.74, 6) is 0. The van der Waals surface area contributed by atoms with Gasteiger partial charge in [-0.25, -0.2) is 0 Å². The first-order chi connectivity index (χ1) is 5.38. The third-order valence-electron chi connectivity index (χ3n) is 1.25. The molecule has 1 rings (SSSR count). The van der Waals surface area contributed by atoms with E-state index in [1.807, 2.05) is 31.2 Å². The van der Waals surface area contributed by atoms with E-state index in [0.717, 1.165) is 10.6 Å².